The quantitative estimate of drug-likeness (QED) is 0.892. The zero-order valence-corrected chi connectivity index (χ0v) is 12.5. The Morgan fingerprint density at radius 1 is 1.15 bits per heavy atom. The third kappa shape index (κ3) is 3.74. The molecule has 3 heteroatoms. The number of anilines is 1. The number of rotatable bonds is 5. The van der Waals surface area contributed by atoms with Gasteiger partial charge in [-0.3, -0.25) is 4.90 Å². The number of nitrogens with one attached hydrogen (secondary N) is 1. The second kappa shape index (κ2) is 6.59. The number of hydrogen-bond acceptors (Lipinski definition) is 3. The summed E-state index contributed by atoms with van der Waals surface area (Å²) in [7, 11) is 0. The average Bonchev–Trinajstić information content (AvgIpc) is 3.10. The molecule has 0 aliphatic carbocycles. The van der Waals surface area contributed by atoms with Gasteiger partial charge in [-0.1, -0.05) is 12.1 Å². The molecule has 3 rings (SSSR count). The van der Waals surface area contributed by atoms with Crippen LogP contribution in [0.2, 0.25) is 0 Å². The van der Waals surface area contributed by atoms with Crippen LogP contribution in [-0.2, 0) is 11.3 Å². The Morgan fingerprint density at radius 3 is 2.55 bits per heavy atom. The highest BCUT2D eigenvalue weighted by Gasteiger charge is 2.21. The molecule has 1 aromatic carbocycles. The van der Waals surface area contributed by atoms with Crippen molar-refractivity contribution in [2.24, 2.45) is 0 Å². The van der Waals surface area contributed by atoms with Crippen molar-refractivity contribution in [1.29, 1.82) is 0 Å². The van der Waals surface area contributed by atoms with Crippen LogP contribution >= 0.6 is 0 Å². The molecule has 0 amide bonds. The Bertz CT molecular complexity index is 412. The molecule has 3 nitrogen and oxygen atoms in total. The van der Waals surface area contributed by atoms with Crippen LogP contribution in [0.5, 0.6) is 0 Å². The third-order valence-electron chi connectivity index (χ3n) is 4.41. The number of likely N-dealkylation sites (tertiary alicyclic amines) is 1. The first-order valence-corrected chi connectivity index (χ1v) is 8.00. The van der Waals surface area contributed by atoms with Gasteiger partial charge in [-0.05, 0) is 63.4 Å². The fraction of sp³-hybridized carbons (Fsp3) is 0.647. The number of ether oxygens (including phenoxy) is 1. The summed E-state index contributed by atoms with van der Waals surface area (Å²) in [6, 6.07) is 8.89. The van der Waals surface area contributed by atoms with E-state index in [1.165, 1.54) is 50.0 Å². The van der Waals surface area contributed by atoms with Gasteiger partial charge < -0.3 is 10.1 Å². The van der Waals surface area contributed by atoms with E-state index in [0.29, 0.717) is 12.2 Å². The summed E-state index contributed by atoms with van der Waals surface area (Å²) in [6.45, 7) is 6.71. The van der Waals surface area contributed by atoms with Gasteiger partial charge in [-0.2, -0.15) is 0 Å². The summed E-state index contributed by atoms with van der Waals surface area (Å²) >= 11 is 0. The lowest BCUT2D eigenvalue weighted by Gasteiger charge is -2.16. The van der Waals surface area contributed by atoms with Crippen molar-refractivity contribution >= 4 is 5.69 Å². The molecule has 0 bridgehead atoms. The Morgan fingerprint density at radius 2 is 1.90 bits per heavy atom. The highest BCUT2D eigenvalue weighted by atomic mass is 16.5. The third-order valence-corrected chi connectivity index (χ3v) is 4.41. The minimum absolute atomic E-state index is 0.384. The second-order valence-corrected chi connectivity index (χ2v) is 6.21. The zero-order valence-electron chi connectivity index (χ0n) is 12.5. The fourth-order valence-electron chi connectivity index (χ4n) is 3.19. The van der Waals surface area contributed by atoms with Crippen molar-refractivity contribution in [3.63, 3.8) is 0 Å². The van der Waals surface area contributed by atoms with E-state index in [4.69, 9.17) is 4.74 Å². The van der Waals surface area contributed by atoms with Crippen LogP contribution in [0.3, 0.4) is 0 Å². The van der Waals surface area contributed by atoms with Gasteiger partial charge in [-0.25, -0.2) is 0 Å². The molecular formula is C17H26N2O. The smallest absolute Gasteiger partial charge is 0.0751 e. The summed E-state index contributed by atoms with van der Waals surface area (Å²) < 4.78 is 5.83. The molecule has 2 heterocycles. The number of nitrogens with zero attached hydrogens (tertiary/aromatic N) is 1. The van der Waals surface area contributed by atoms with Crippen molar-refractivity contribution in [3.8, 4) is 0 Å². The lowest BCUT2D eigenvalue weighted by molar-refractivity contribution is 0.0637. The SMILES string of the molecule is CC1CCC(CNc2ccc(CN3CCCC3)cc2)O1. The topological polar surface area (TPSA) is 24.5 Å². The van der Waals surface area contributed by atoms with E-state index in [-0.39, 0.29) is 0 Å². The summed E-state index contributed by atoms with van der Waals surface area (Å²) in [4.78, 5) is 2.54. The lowest BCUT2D eigenvalue weighted by Crippen LogP contribution is -2.20. The molecule has 2 aliphatic heterocycles. The molecular weight excluding hydrogens is 248 g/mol. The van der Waals surface area contributed by atoms with Crippen LogP contribution < -0.4 is 5.32 Å². The van der Waals surface area contributed by atoms with Gasteiger partial charge in [0.25, 0.3) is 0 Å². The monoisotopic (exact) mass is 274 g/mol. The van der Waals surface area contributed by atoms with Crippen LogP contribution in [0.15, 0.2) is 24.3 Å². The van der Waals surface area contributed by atoms with Crippen LogP contribution in [0, 0.1) is 0 Å². The van der Waals surface area contributed by atoms with Crippen molar-refractivity contribution in [2.75, 3.05) is 25.0 Å². The van der Waals surface area contributed by atoms with Crippen molar-refractivity contribution in [3.05, 3.63) is 29.8 Å². The largest absolute Gasteiger partial charge is 0.382 e. The van der Waals surface area contributed by atoms with Gasteiger partial charge in [0.1, 0.15) is 0 Å². The molecule has 2 unspecified atom stereocenters. The first kappa shape index (κ1) is 13.9. The highest BCUT2D eigenvalue weighted by Crippen LogP contribution is 2.20. The van der Waals surface area contributed by atoms with E-state index in [2.05, 4.69) is 41.4 Å². The standard InChI is InChI=1S/C17H26N2O/c1-14-4-9-17(20-14)12-18-16-7-5-15(6-8-16)13-19-10-2-3-11-19/h5-8,14,17-18H,2-4,9-13H2,1H3. The molecule has 0 radical (unpaired) electrons. The molecule has 2 aliphatic rings. The second-order valence-electron chi connectivity index (χ2n) is 6.21. The summed E-state index contributed by atoms with van der Waals surface area (Å²) in [5, 5.41) is 3.49. The van der Waals surface area contributed by atoms with Crippen LogP contribution in [0.1, 0.15) is 38.2 Å². The van der Waals surface area contributed by atoms with Gasteiger partial charge in [0.15, 0.2) is 0 Å². The summed E-state index contributed by atoms with van der Waals surface area (Å²) in [6.07, 6.45) is 5.92. The Kier molecular flexibility index (Phi) is 4.58. The molecule has 20 heavy (non-hydrogen) atoms. The molecule has 0 saturated carbocycles. The van der Waals surface area contributed by atoms with Crippen molar-refractivity contribution in [2.45, 2.75) is 51.4 Å². The summed E-state index contributed by atoms with van der Waals surface area (Å²) in [5.74, 6) is 0. The van der Waals surface area contributed by atoms with Gasteiger partial charge in [0.05, 0.1) is 12.2 Å². The average molecular weight is 274 g/mol. The molecule has 0 aromatic heterocycles. The minimum Gasteiger partial charge on any atom is -0.382 e. The molecule has 110 valence electrons. The molecule has 2 fully saturated rings. The normalized spacial score (nSPS) is 27.1. The van der Waals surface area contributed by atoms with E-state index < -0.39 is 0 Å². The number of benzene rings is 1. The van der Waals surface area contributed by atoms with E-state index in [0.717, 1.165) is 13.1 Å². The predicted molar refractivity (Wildman–Crippen MR) is 83.0 cm³/mol. The molecule has 1 N–H and O–H groups in total. The van der Waals surface area contributed by atoms with E-state index in [9.17, 15) is 0 Å². The first-order valence-electron chi connectivity index (χ1n) is 8.00. The molecule has 0 spiro atoms. The zero-order chi connectivity index (χ0) is 13.8. The molecule has 1 aromatic rings. The van der Waals surface area contributed by atoms with Crippen molar-refractivity contribution in [1.82, 2.24) is 4.90 Å². The molecule has 2 atom stereocenters. The minimum atomic E-state index is 0.384. The summed E-state index contributed by atoms with van der Waals surface area (Å²) in [5.41, 5.74) is 2.63. The van der Waals surface area contributed by atoms with E-state index in [1.54, 1.807) is 0 Å². The van der Waals surface area contributed by atoms with Crippen LogP contribution in [0.25, 0.3) is 0 Å². The van der Waals surface area contributed by atoms with Gasteiger partial charge >= 0.3 is 0 Å². The van der Waals surface area contributed by atoms with E-state index >= 15 is 0 Å². The van der Waals surface area contributed by atoms with Crippen molar-refractivity contribution < 1.29 is 4.74 Å². The number of hydrogen-bond donors (Lipinski definition) is 1. The van der Waals surface area contributed by atoms with Crippen LogP contribution in [-0.4, -0.2) is 36.7 Å². The Balaban J connectivity index is 1.46. The maximum atomic E-state index is 5.83. The molecule has 2 saturated heterocycles. The lowest BCUT2D eigenvalue weighted by atomic mass is 10.2. The first-order chi connectivity index (χ1) is 9.79. The Hall–Kier alpha value is -1.06. The van der Waals surface area contributed by atoms with E-state index in [1.807, 2.05) is 0 Å². The maximum Gasteiger partial charge on any atom is 0.0751 e. The fourth-order valence-corrected chi connectivity index (χ4v) is 3.19. The predicted octanol–water partition coefficient (Wildman–Crippen LogP) is 3.26. The maximum absolute atomic E-state index is 5.83. The Labute approximate surface area is 122 Å². The highest BCUT2D eigenvalue weighted by molar-refractivity contribution is 5.44. The van der Waals surface area contributed by atoms with Gasteiger partial charge in [-0.15, -0.1) is 0 Å². The van der Waals surface area contributed by atoms with Crippen LogP contribution in [0.4, 0.5) is 5.69 Å². The van der Waals surface area contributed by atoms with Gasteiger partial charge in [0, 0.05) is 18.8 Å². The van der Waals surface area contributed by atoms with Gasteiger partial charge in [0.2, 0.25) is 0 Å².